The van der Waals surface area contributed by atoms with Gasteiger partial charge in [-0.05, 0) is 62.6 Å². The van der Waals surface area contributed by atoms with Gasteiger partial charge in [0, 0.05) is 0 Å². The fraction of sp³-hybridized carbons (Fsp3) is 0.619. The Balaban J connectivity index is 1.44. The van der Waals surface area contributed by atoms with Crippen LogP contribution in [0.2, 0.25) is 0 Å². The zero-order valence-electron chi connectivity index (χ0n) is 16.5. The lowest BCUT2D eigenvalue weighted by molar-refractivity contribution is -0.126. The van der Waals surface area contributed by atoms with E-state index >= 15 is 0 Å². The summed E-state index contributed by atoms with van der Waals surface area (Å²) in [4.78, 5) is 23.6. The summed E-state index contributed by atoms with van der Waals surface area (Å²) >= 11 is 0. The molecule has 1 heterocycles. The molecule has 1 saturated heterocycles. The number of ether oxygens (including phenoxy) is 3. The maximum Gasteiger partial charge on any atom is 0.405 e. The minimum atomic E-state index is -1.17. The van der Waals surface area contributed by atoms with Crippen molar-refractivity contribution in [1.82, 2.24) is 5.32 Å². The van der Waals surface area contributed by atoms with Crippen LogP contribution in [0.25, 0.3) is 0 Å². The first-order valence-electron chi connectivity index (χ1n) is 9.82. The lowest BCUT2D eigenvalue weighted by Gasteiger charge is -2.31. The number of benzene rings is 1. The number of carbonyl (C=O) groups is 2. The van der Waals surface area contributed by atoms with Gasteiger partial charge in [0.15, 0.2) is 5.78 Å². The van der Waals surface area contributed by atoms with Gasteiger partial charge in [0.2, 0.25) is 0 Å². The zero-order chi connectivity index (χ0) is 20.1. The Morgan fingerprint density at radius 2 is 1.89 bits per heavy atom. The Labute approximate surface area is 165 Å². The van der Waals surface area contributed by atoms with Crippen LogP contribution in [0.15, 0.2) is 24.3 Å². The largest absolute Gasteiger partial charge is 0.497 e. The first-order valence-corrected chi connectivity index (χ1v) is 9.82. The van der Waals surface area contributed by atoms with Crippen molar-refractivity contribution in [3.63, 3.8) is 0 Å². The number of ketones is 1. The molecule has 0 spiro atoms. The van der Waals surface area contributed by atoms with Crippen LogP contribution in [0.3, 0.4) is 0 Å². The predicted molar refractivity (Wildman–Crippen MR) is 102 cm³/mol. The summed E-state index contributed by atoms with van der Waals surface area (Å²) in [7, 11) is 1.64. The Hall–Kier alpha value is -2.12. The van der Waals surface area contributed by atoms with E-state index in [4.69, 9.17) is 19.3 Å². The number of hydrogen-bond acceptors (Lipinski definition) is 5. The monoisotopic (exact) mass is 391 g/mol. The normalized spacial score (nSPS) is 27.6. The van der Waals surface area contributed by atoms with Crippen molar-refractivity contribution >= 4 is 11.9 Å². The third kappa shape index (κ3) is 5.45. The van der Waals surface area contributed by atoms with Gasteiger partial charge < -0.3 is 24.6 Å². The van der Waals surface area contributed by atoms with Gasteiger partial charge in [-0.15, -0.1) is 0 Å². The topological polar surface area (TPSA) is 97.4 Å². The predicted octanol–water partition coefficient (Wildman–Crippen LogP) is 3.15. The van der Waals surface area contributed by atoms with E-state index in [2.05, 4.69) is 5.32 Å². The summed E-state index contributed by atoms with van der Waals surface area (Å²) in [6.45, 7) is 2.65. The molecule has 7 heteroatoms. The highest BCUT2D eigenvalue weighted by molar-refractivity contribution is 5.95. The van der Waals surface area contributed by atoms with Crippen molar-refractivity contribution in [2.45, 2.75) is 63.4 Å². The number of methoxy groups -OCH3 is 1. The van der Waals surface area contributed by atoms with Gasteiger partial charge >= 0.3 is 6.09 Å². The second kappa shape index (κ2) is 8.92. The molecule has 2 atom stereocenters. The quantitative estimate of drug-likeness (QED) is 0.628. The van der Waals surface area contributed by atoms with Gasteiger partial charge in [-0.25, -0.2) is 4.79 Å². The SMILES string of the molecule is COc1ccc(COC2CCC(C[C@H](NC(=O)O)C(=O)[C@]3(C)CO3)CC2)cc1. The van der Waals surface area contributed by atoms with E-state index in [9.17, 15) is 9.59 Å². The van der Waals surface area contributed by atoms with Gasteiger partial charge in [0.25, 0.3) is 0 Å². The molecular weight excluding hydrogens is 362 g/mol. The summed E-state index contributed by atoms with van der Waals surface area (Å²) in [5.41, 5.74) is 0.295. The average molecular weight is 391 g/mol. The molecule has 1 aromatic carbocycles. The molecule has 7 nitrogen and oxygen atoms in total. The zero-order valence-corrected chi connectivity index (χ0v) is 16.5. The maximum atomic E-state index is 12.5. The number of rotatable bonds is 9. The van der Waals surface area contributed by atoms with Gasteiger partial charge in [0.1, 0.15) is 11.4 Å². The number of carboxylic acid groups (broad SMARTS) is 1. The molecule has 1 amide bonds. The first kappa shape index (κ1) is 20.6. The summed E-state index contributed by atoms with van der Waals surface area (Å²) in [6, 6.07) is 7.14. The molecule has 1 aliphatic carbocycles. The van der Waals surface area contributed by atoms with E-state index in [1.165, 1.54) is 0 Å². The number of carbonyl (C=O) groups excluding carboxylic acids is 1. The van der Waals surface area contributed by atoms with Crippen LogP contribution in [0.1, 0.15) is 44.6 Å². The molecule has 1 saturated carbocycles. The van der Waals surface area contributed by atoms with E-state index in [0.717, 1.165) is 37.0 Å². The molecule has 154 valence electrons. The maximum absolute atomic E-state index is 12.5. The van der Waals surface area contributed by atoms with E-state index in [1.54, 1.807) is 14.0 Å². The summed E-state index contributed by atoms with van der Waals surface area (Å²) in [6.07, 6.45) is 3.25. The third-order valence-electron chi connectivity index (χ3n) is 5.72. The van der Waals surface area contributed by atoms with Crippen molar-refractivity contribution in [2.24, 2.45) is 5.92 Å². The van der Waals surface area contributed by atoms with Crippen molar-refractivity contribution < 1.29 is 28.9 Å². The first-order chi connectivity index (χ1) is 13.4. The van der Waals surface area contributed by atoms with E-state index < -0.39 is 17.7 Å². The van der Waals surface area contributed by atoms with Crippen LogP contribution in [0, 0.1) is 5.92 Å². The molecule has 1 aromatic rings. The number of nitrogens with one attached hydrogen (secondary N) is 1. The number of Topliss-reactive ketones (excluding diaryl/α,β-unsaturated/α-hetero) is 1. The van der Waals surface area contributed by atoms with Gasteiger partial charge in [-0.3, -0.25) is 4.79 Å². The molecular formula is C21H29NO6. The van der Waals surface area contributed by atoms with Gasteiger partial charge in [0.05, 0.1) is 32.5 Å². The van der Waals surface area contributed by atoms with Crippen LogP contribution < -0.4 is 10.1 Å². The molecule has 2 aliphatic rings. The molecule has 3 rings (SSSR count). The van der Waals surface area contributed by atoms with Crippen molar-refractivity contribution in [3.8, 4) is 5.75 Å². The van der Waals surface area contributed by atoms with Crippen molar-refractivity contribution in [1.29, 1.82) is 0 Å². The Morgan fingerprint density at radius 3 is 2.43 bits per heavy atom. The fourth-order valence-corrected chi connectivity index (χ4v) is 3.80. The average Bonchev–Trinajstić information content (AvgIpc) is 3.45. The molecule has 1 aliphatic heterocycles. The van der Waals surface area contributed by atoms with E-state index in [1.807, 2.05) is 24.3 Å². The lowest BCUT2D eigenvalue weighted by atomic mass is 9.81. The van der Waals surface area contributed by atoms with Crippen molar-refractivity contribution in [2.75, 3.05) is 13.7 Å². The Morgan fingerprint density at radius 1 is 1.25 bits per heavy atom. The molecule has 0 aromatic heterocycles. The fourth-order valence-electron chi connectivity index (χ4n) is 3.80. The molecule has 0 unspecified atom stereocenters. The smallest absolute Gasteiger partial charge is 0.405 e. The lowest BCUT2D eigenvalue weighted by Crippen LogP contribution is -2.47. The van der Waals surface area contributed by atoms with E-state index in [0.29, 0.717) is 25.6 Å². The summed E-state index contributed by atoms with van der Waals surface area (Å²) in [5, 5.41) is 11.5. The minimum Gasteiger partial charge on any atom is -0.497 e. The number of amides is 1. The van der Waals surface area contributed by atoms with Crippen LogP contribution in [-0.2, 0) is 20.9 Å². The van der Waals surface area contributed by atoms with Gasteiger partial charge in [-0.1, -0.05) is 12.1 Å². The van der Waals surface area contributed by atoms with Crippen molar-refractivity contribution in [3.05, 3.63) is 29.8 Å². The summed E-state index contributed by atoms with van der Waals surface area (Å²) in [5.74, 6) is 0.977. The second-order valence-electron chi connectivity index (χ2n) is 7.92. The van der Waals surface area contributed by atoms with Crippen LogP contribution >= 0.6 is 0 Å². The standard InChI is InChI=1S/C21H29NO6/c1-21(13-28-21)19(23)18(22-20(24)25)11-14-3-9-17(10-4-14)27-12-15-5-7-16(26-2)8-6-15/h5-8,14,17-18,22H,3-4,9-13H2,1-2H3,(H,24,25)/t14?,17?,18-,21-/m0/s1. The van der Waals surface area contributed by atoms with Crippen LogP contribution in [0.5, 0.6) is 5.75 Å². The third-order valence-corrected chi connectivity index (χ3v) is 5.72. The highest BCUT2D eigenvalue weighted by Gasteiger charge is 2.50. The summed E-state index contributed by atoms with van der Waals surface area (Å²) < 4.78 is 16.4. The second-order valence-corrected chi connectivity index (χ2v) is 7.92. The molecule has 0 bridgehead atoms. The Kier molecular flexibility index (Phi) is 6.57. The molecule has 2 fully saturated rings. The molecule has 2 N–H and O–H groups in total. The number of hydrogen-bond donors (Lipinski definition) is 2. The van der Waals surface area contributed by atoms with Crippen LogP contribution in [-0.4, -0.2) is 48.4 Å². The highest BCUT2D eigenvalue weighted by Crippen LogP contribution is 2.34. The highest BCUT2D eigenvalue weighted by atomic mass is 16.6. The van der Waals surface area contributed by atoms with Gasteiger partial charge in [-0.2, -0.15) is 0 Å². The molecule has 28 heavy (non-hydrogen) atoms. The van der Waals surface area contributed by atoms with E-state index in [-0.39, 0.29) is 11.9 Å². The van der Waals surface area contributed by atoms with Crippen LogP contribution in [0.4, 0.5) is 4.79 Å². The minimum absolute atomic E-state index is 0.159. The molecule has 0 radical (unpaired) electrons. The Bertz CT molecular complexity index is 677. The number of epoxide rings is 1.